The fourth-order valence-electron chi connectivity index (χ4n) is 2.22. The monoisotopic (exact) mass is 282 g/mol. The van der Waals surface area contributed by atoms with Crippen molar-refractivity contribution >= 4 is 17.4 Å². The highest BCUT2D eigenvalue weighted by atomic mass is 32.2. The number of thioether (sulfide) groups is 1. The highest BCUT2D eigenvalue weighted by molar-refractivity contribution is 7.99. The second kappa shape index (κ2) is 8.46. The van der Waals surface area contributed by atoms with Crippen molar-refractivity contribution in [3.8, 4) is 0 Å². The van der Waals surface area contributed by atoms with E-state index >= 15 is 0 Å². The lowest BCUT2D eigenvalue weighted by Crippen LogP contribution is -2.33. The normalized spacial score (nSPS) is 11.1. The lowest BCUT2D eigenvalue weighted by atomic mass is 10.1. The van der Waals surface area contributed by atoms with E-state index in [4.69, 9.17) is 10.8 Å². The summed E-state index contributed by atoms with van der Waals surface area (Å²) in [7, 11) is 0. The largest absolute Gasteiger partial charge is 0.396 e. The van der Waals surface area contributed by atoms with Crippen molar-refractivity contribution in [1.82, 2.24) is 0 Å². The van der Waals surface area contributed by atoms with Gasteiger partial charge in [0.1, 0.15) is 0 Å². The molecule has 0 amide bonds. The molecule has 0 aromatic heterocycles. The highest BCUT2D eigenvalue weighted by Gasteiger charge is 2.15. The van der Waals surface area contributed by atoms with Crippen LogP contribution in [0.5, 0.6) is 0 Å². The average molecular weight is 282 g/mol. The van der Waals surface area contributed by atoms with Crippen LogP contribution in [0.3, 0.4) is 0 Å². The van der Waals surface area contributed by atoms with Crippen molar-refractivity contribution in [2.24, 2.45) is 5.73 Å². The van der Waals surface area contributed by atoms with Gasteiger partial charge in [-0.25, -0.2) is 0 Å². The van der Waals surface area contributed by atoms with Crippen molar-refractivity contribution in [3.63, 3.8) is 0 Å². The summed E-state index contributed by atoms with van der Waals surface area (Å²) in [5, 5.41) is 9.05. The predicted molar refractivity (Wildman–Crippen MR) is 84.9 cm³/mol. The molecule has 0 atom stereocenters. The van der Waals surface area contributed by atoms with Crippen LogP contribution < -0.4 is 10.6 Å². The highest BCUT2D eigenvalue weighted by Crippen LogP contribution is 2.31. The van der Waals surface area contributed by atoms with Crippen molar-refractivity contribution in [1.29, 1.82) is 0 Å². The third-order valence-electron chi connectivity index (χ3n) is 3.10. The Morgan fingerprint density at radius 2 is 2.11 bits per heavy atom. The predicted octanol–water partition coefficient (Wildman–Crippen LogP) is 2.85. The molecule has 0 bridgehead atoms. The van der Waals surface area contributed by atoms with Crippen molar-refractivity contribution in [3.05, 3.63) is 23.8 Å². The zero-order valence-electron chi connectivity index (χ0n) is 12.2. The first kappa shape index (κ1) is 16.3. The van der Waals surface area contributed by atoms with E-state index in [1.54, 1.807) is 0 Å². The van der Waals surface area contributed by atoms with Gasteiger partial charge >= 0.3 is 0 Å². The number of aliphatic hydroxyl groups excluding tert-OH is 1. The molecule has 1 aromatic rings. The molecule has 0 heterocycles. The lowest BCUT2D eigenvalue weighted by molar-refractivity contribution is 0.288. The fourth-order valence-corrected chi connectivity index (χ4v) is 3.06. The minimum absolute atomic E-state index is 0.227. The number of nitrogens with two attached hydrogens (primary N) is 1. The van der Waals surface area contributed by atoms with E-state index in [1.807, 2.05) is 11.8 Å². The fraction of sp³-hybridized carbons (Fsp3) is 0.600. The summed E-state index contributed by atoms with van der Waals surface area (Å²) in [5.41, 5.74) is 8.39. The van der Waals surface area contributed by atoms with E-state index in [2.05, 4.69) is 43.9 Å². The summed E-state index contributed by atoms with van der Waals surface area (Å²) in [4.78, 5) is 3.61. The van der Waals surface area contributed by atoms with Crippen molar-refractivity contribution < 1.29 is 5.11 Å². The summed E-state index contributed by atoms with van der Waals surface area (Å²) in [6.45, 7) is 8.16. The van der Waals surface area contributed by atoms with Crippen molar-refractivity contribution in [2.75, 3.05) is 23.8 Å². The molecular weight excluding hydrogens is 256 g/mol. The van der Waals surface area contributed by atoms with Crippen LogP contribution in [0, 0.1) is 0 Å². The molecule has 0 saturated heterocycles. The van der Waals surface area contributed by atoms with Crippen molar-refractivity contribution in [2.45, 2.75) is 44.7 Å². The number of nitrogens with zero attached hydrogens (tertiary/aromatic N) is 1. The Bertz CT molecular complexity index is 382. The number of hydrogen-bond acceptors (Lipinski definition) is 4. The zero-order valence-corrected chi connectivity index (χ0v) is 13.0. The average Bonchev–Trinajstić information content (AvgIpc) is 2.39. The Balaban J connectivity index is 3.10. The van der Waals surface area contributed by atoms with Crippen LogP contribution in [-0.2, 0) is 6.54 Å². The molecule has 1 aromatic carbocycles. The molecule has 0 fully saturated rings. The van der Waals surface area contributed by atoms with Crippen LogP contribution in [-0.4, -0.2) is 30.1 Å². The summed E-state index contributed by atoms with van der Waals surface area (Å²) < 4.78 is 0. The molecule has 0 unspecified atom stereocenters. The maximum atomic E-state index is 9.05. The lowest BCUT2D eigenvalue weighted by Gasteiger charge is -2.31. The molecule has 19 heavy (non-hydrogen) atoms. The van der Waals surface area contributed by atoms with Gasteiger partial charge < -0.3 is 15.7 Å². The number of hydrogen-bond donors (Lipinski definition) is 2. The van der Waals surface area contributed by atoms with E-state index in [0.29, 0.717) is 12.6 Å². The number of aliphatic hydroxyl groups is 1. The van der Waals surface area contributed by atoms with E-state index in [-0.39, 0.29) is 6.61 Å². The van der Waals surface area contributed by atoms with Gasteiger partial charge in [0, 0.05) is 41.9 Å². The molecular formula is C15H26N2OS. The van der Waals surface area contributed by atoms with Crippen LogP contribution in [0.4, 0.5) is 5.69 Å². The number of rotatable bonds is 8. The summed E-state index contributed by atoms with van der Waals surface area (Å²) in [6.07, 6.45) is 0.785. The maximum absolute atomic E-state index is 9.05. The molecule has 4 heteroatoms. The Morgan fingerprint density at radius 1 is 1.37 bits per heavy atom. The smallest absolute Gasteiger partial charge is 0.0447 e. The second-order valence-electron chi connectivity index (χ2n) is 4.76. The van der Waals surface area contributed by atoms with Gasteiger partial charge in [0.2, 0.25) is 0 Å². The van der Waals surface area contributed by atoms with Crippen LogP contribution >= 0.6 is 11.8 Å². The van der Waals surface area contributed by atoms with Gasteiger partial charge in [-0.1, -0.05) is 13.0 Å². The number of benzene rings is 1. The minimum Gasteiger partial charge on any atom is -0.396 e. The van der Waals surface area contributed by atoms with Gasteiger partial charge in [-0.3, -0.25) is 0 Å². The zero-order chi connectivity index (χ0) is 14.3. The van der Waals surface area contributed by atoms with Gasteiger partial charge in [-0.05, 0) is 38.2 Å². The van der Waals surface area contributed by atoms with Gasteiger partial charge in [-0.15, -0.1) is 11.8 Å². The Kier molecular flexibility index (Phi) is 7.28. The van der Waals surface area contributed by atoms with Crippen LogP contribution in [0.15, 0.2) is 23.1 Å². The Morgan fingerprint density at radius 3 is 2.63 bits per heavy atom. The molecule has 3 N–H and O–H groups in total. The van der Waals surface area contributed by atoms with E-state index in [0.717, 1.165) is 18.7 Å². The van der Waals surface area contributed by atoms with E-state index < -0.39 is 0 Å². The quantitative estimate of drug-likeness (QED) is 0.720. The molecule has 0 aliphatic heterocycles. The first-order valence-corrected chi connectivity index (χ1v) is 7.96. The Hall–Kier alpha value is -0.710. The molecule has 108 valence electrons. The minimum atomic E-state index is 0.227. The first-order chi connectivity index (χ1) is 9.15. The number of anilines is 1. The van der Waals surface area contributed by atoms with Gasteiger partial charge in [0.05, 0.1) is 0 Å². The van der Waals surface area contributed by atoms with E-state index in [1.165, 1.54) is 16.1 Å². The molecule has 0 saturated carbocycles. The summed E-state index contributed by atoms with van der Waals surface area (Å²) in [5.74, 6) is 1.05. The van der Waals surface area contributed by atoms with Crippen LogP contribution in [0.25, 0.3) is 0 Å². The molecule has 1 rings (SSSR count). The van der Waals surface area contributed by atoms with Crippen LogP contribution in [0.1, 0.15) is 32.8 Å². The molecule has 0 aliphatic carbocycles. The van der Waals surface area contributed by atoms with Gasteiger partial charge in [0.25, 0.3) is 0 Å². The van der Waals surface area contributed by atoms with Gasteiger partial charge in [0.15, 0.2) is 0 Å². The summed E-state index contributed by atoms with van der Waals surface area (Å²) >= 11 is 1.84. The standard InChI is InChI=1S/C15H26N2OS/c1-4-19-15-8-5-7-14(13(15)11-16)17(12(2)3)9-6-10-18/h5,7-8,12,18H,4,6,9-11,16H2,1-3H3. The first-order valence-electron chi connectivity index (χ1n) is 6.97. The molecule has 0 spiro atoms. The Labute approximate surface area is 121 Å². The van der Waals surface area contributed by atoms with E-state index in [9.17, 15) is 0 Å². The molecule has 0 radical (unpaired) electrons. The molecule has 3 nitrogen and oxygen atoms in total. The van der Waals surface area contributed by atoms with Gasteiger partial charge in [-0.2, -0.15) is 0 Å². The SMILES string of the molecule is CCSc1cccc(N(CCCO)C(C)C)c1CN. The molecule has 0 aliphatic rings. The second-order valence-corrected chi connectivity index (χ2v) is 6.06. The summed E-state index contributed by atoms with van der Waals surface area (Å²) in [6, 6.07) is 6.78. The third kappa shape index (κ3) is 4.41. The maximum Gasteiger partial charge on any atom is 0.0447 e. The topological polar surface area (TPSA) is 49.5 Å². The third-order valence-corrected chi connectivity index (χ3v) is 4.08. The van der Waals surface area contributed by atoms with Crippen LogP contribution in [0.2, 0.25) is 0 Å².